The number of amides is 1. The molecule has 2 aromatic carbocycles. The predicted octanol–water partition coefficient (Wildman–Crippen LogP) is 4.62. The number of nitrogens with one attached hydrogen (secondary N) is 1. The molecular weight excluding hydrogens is 370 g/mol. The molecule has 1 amide bonds. The largest absolute Gasteiger partial charge is 0.490 e. The first-order valence-electron chi connectivity index (χ1n) is 10.0. The van der Waals surface area contributed by atoms with Crippen LogP contribution in [0, 0.1) is 0 Å². The maximum absolute atomic E-state index is 12.4. The second kappa shape index (κ2) is 11.7. The summed E-state index contributed by atoms with van der Waals surface area (Å²) in [5, 5.41) is 2.78. The molecule has 0 radical (unpaired) electrons. The number of hydrogen-bond donors (Lipinski definition) is 1. The standard InChI is InChI=1S/C23H29NO5/c1-4-7-14-28-20-13-12-18(15-21(20)27-6-3)23(26)29-16-22(25)24-19-11-9-8-10-17(19)5-2/h8-13,15H,4-7,14,16H2,1-3H3,(H,24,25). The zero-order chi connectivity index (χ0) is 21.1. The average Bonchev–Trinajstić information content (AvgIpc) is 2.73. The first-order valence-corrected chi connectivity index (χ1v) is 10.0. The minimum atomic E-state index is -0.593. The number of para-hydroxylation sites is 1. The molecular formula is C23H29NO5. The fraction of sp³-hybridized carbons (Fsp3) is 0.391. The molecule has 156 valence electrons. The Morgan fingerprint density at radius 2 is 1.76 bits per heavy atom. The molecule has 6 nitrogen and oxygen atoms in total. The van der Waals surface area contributed by atoms with Crippen molar-refractivity contribution in [2.24, 2.45) is 0 Å². The molecule has 2 aromatic rings. The second-order valence-electron chi connectivity index (χ2n) is 6.43. The molecule has 0 fully saturated rings. The minimum absolute atomic E-state index is 0.304. The highest BCUT2D eigenvalue weighted by Crippen LogP contribution is 2.29. The maximum Gasteiger partial charge on any atom is 0.338 e. The van der Waals surface area contributed by atoms with Crippen LogP contribution in [-0.2, 0) is 16.0 Å². The van der Waals surface area contributed by atoms with E-state index in [1.165, 1.54) is 0 Å². The molecule has 2 rings (SSSR count). The molecule has 6 heteroatoms. The SMILES string of the molecule is CCCCOc1ccc(C(=O)OCC(=O)Nc2ccccc2CC)cc1OCC. The van der Waals surface area contributed by atoms with E-state index in [9.17, 15) is 9.59 Å². The summed E-state index contributed by atoms with van der Waals surface area (Å²) >= 11 is 0. The highest BCUT2D eigenvalue weighted by Gasteiger charge is 2.15. The van der Waals surface area contributed by atoms with Gasteiger partial charge < -0.3 is 19.5 Å². The predicted molar refractivity (Wildman–Crippen MR) is 113 cm³/mol. The number of aryl methyl sites for hydroxylation is 1. The van der Waals surface area contributed by atoms with Crippen molar-refractivity contribution in [3.05, 3.63) is 53.6 Å². The van der Waals surface area contributed by atoms with Crippen molar-refractivity contribution >= 4 is 17.6 Å². The number of carbonyl (C=O) groups is 2. The van der Waals surface area contributed by atoms with Gasteiger partial charge in [0.25, 0.3) is 5.91 Å². The summed E-state index contributed by atoms with van der Waals surface area (Å²) in [6, 6.07) is 12.4. The van der Waals surface area contributed by atoms with Crippen LogP contribution in [0.1, 0.15) is 49.5 Å². The summed E-state index contributed by atoms with van der Waals surface area (Å²) in [6.07, 6.45) is 2.76. The van der Waals surface area contributed by atoms with Gasteiger partial charge >= 0.3 is 5.97 Å². The van der Waals surface area contributed by atoms with Crippen molar-refractivity contribution < 1.29 is 23.8 Å². The van der Waals surface area contributed by atoms with Crippen LogP contribution >= 0.6 is 0 Å². The molecule has 0 saturated heterocycles. The lowest BCUT2D eigenvalue weighted by Crippen LogP contribution is -2.21. The number of ether oxygens (including phenoxy) is 3. The van der Waals surface area contributed by atoms with Crippen molar-refractivity contribution in [1.29, 1.82) is 0 Å². The van der Waals surface area contributed by atoms with Crippen LogP contribution in [-0.4, -0.2) is 31.7 Å². The van der Waals surface area contributed by atoms with Crippen molar-refractivity contribution in [3.63, 3.8) is 0 Å². The summed E-state index contributed by atoms with van der Waals surface area (Å²) in [5.74, 6) is 0.0962. The lowest BCUT2D eigenvalue weighted by molar-refractivity contribution is -0.119. The van der Waals surface area contributed by atoms with Crippen LogP contribution in [0.25, 0.3) is 0 Å². The lowest BCUT2D eigenvalue weighted by atomic mass is 10.1. The summed E-state index contributed by atoms with van der Waals surface area (Å²) in [5.41, 5.74) is 2.05. The molecule has 0 aliphatic rings. The van der Waals surface area contributed by atoms with Crippen molar-refractivity contribution in [2.45, 2.75) is 40.0 Å². The minimum Gasteiger partial charge on any atom is -0.490 e. The van der Waals surface area contributed by atoms with Gasteiger partial charge in [-0.3, -0.25) is 4.79 Å². The van der Waals surface area contributed by atoms with E-state index in [2.05, 4.69) is 12.2 Å². The molecule has 0 unspecified atom stereocenters. The molecule has 29 heavy (non-hydrogen) atoms. The molecule has 0 atom stereocenters. The van der Waals surface area contributed by atoms with Gasteiger partial charge in [-0.1, -0.05) is 38.5 Å². The quantitative estimate of drug-likeness (QED) is 0.441. The highest BCUT2D eigenvalue weighted by molar-refractivity contribution is 5.96. The van der Waals surface area contributed by atoms with Gasteiger partial charge in [0.2, 0.25) is 0 Å². The number of esters is 1. The van der Waals surface area contributed by atoms with Gasteiger partial charge in [-0.25, -0.2) is 4.79 Å². The van der Waals surface area contributed by atoms with Gasteiger partial charge in [0.05, 0.1) is 18.8 Å². The number of rotatable bonds is 11. The van der Waals surface area contributed by atoms with Gasteiger partial charge in [-0.2, -0.15) is 0 Å². The third-order valence-electron chi connectivity index (χ3n) is 4.24. The third kappa shape index (κ3) is 6.82. The Hall–Kier alpha value is -3.02. The van der Waals surface area contributed by atoms with E-state index < -0.39 is 5.97 Å². The fourth-order valence-electron chi connectivity index (χ4n) is 2.70. The first-order chi connectivity index (χ1) is 14.1. The average molecular weight is 399 g/mol. The van der Waals surface area contributed by atoms with Crippen LogP contribution in [0.2, 0.25) is 0 Å². The van der Waals surface area contributed by atoms with E-state index >= 15 is 0 Å². The Bertz CT molecular complexity index is 819. The number of carbonyl (C=O) groups excluding carboxylic acids is 2. The van der Waals surface area contributed by atoms with Gasteiger partial charge in [0, 0.05) is 5.69 Å². The third-order valence-corrected chi connectivity index (χ3v) is 4.24. The second-order valence-corrected chi connectivity index (χ2v) is 6.43. The smallest absolute Gasteiger partial charge is 0.338 e. The van der Waals surface area contributed by atoms with Crippen molar-refractivity contribution in [3.8, 4) is 11.5 Å². The van der Waals surface area contributed by atoms with Gasteiger partial charge in [-0.15, -0.1) is 0 Å². The highest BCUT2D eigenvalue weighted by atomic mass is 16.5. The molecule has 0 bridgehead atoms. The van der Waals surface area contributed by atoms with E-state index in [1.807, 2.05) is 38.1 Å². The monoisotopic (exact) mass is 399 g/mol. The fourth-order valence-corrected chi connectivity index (χ4v) is 2.70. The number of benzene rings is 2. The summed E-state index contributed by atoms with van der Waals surface area (Å²) in [7, 11) is 0. The zero-order valence-electron chi connectivity index (χ0n) is 17.3. The Labute approximate surface area is 172 Å². The molecule has 0 heterocycles. The normalized spacial score (nSPS) is 10.3. The molecule has 1 N–H and O–H groups in total. The van der Waals surface area contributed by atoms with E-state index in [1.54, 1.807) is 18.2 Å². The van der Waals surface area contributed by atoms with E-state index in [0.717, 1.165) is 30.5 Å². The number of hydrogen-bond acceptors (Lipinski definition) is 5. The van der Waals surface area contributed by atoms with Gasteiger partial charge in [-0.05, 0) is 49.6 Å². The lowest BCUT2D eigenvalue weighted by Gasteiger charge is -2.13. The van der Waals surface area contributed by atoms with Gasteiger partial charge in [0.1, 0.15) is 0 Å². The van der Waals surface area contributed by atoms with Gasteiger partial charge in [0.15, 0.2) is 18.1 Å². The summed E-state index contributed by atoms with van der Waals surface area (Å²) in [4.78, 5) is 24.5. The topological polar surface area (TPSA) is 73.9 Å². The van der Waals surface area contributed by atoms with E-state index in [-0.39, 0.29) is 12.5 Å². The Kier molecular flexibility index (Phi) is 9.02. The molecule has 0 aromatic heterocycles. The maximum atomic E-state index is 12.4. The number of anilines is 1. The van der Waals surface area contributed by atoms with Crippen molar-refractivity contribution in [2.75, 3.05) is 25.1 Å². The van der Waals surface area contributed by atoms with E-state index in [0.29, 0.717) is 30.3 Å². The first kappa shape index (κ1) is 22.3. The molecule has 0 aliphatic carbocycles. The van der Waals surface area contributed by atoms with Crippen LogP contribution in [0.15, 0.2) is 42.5 Å². The summed E-state index contributed by atoms with van der Waals surface area (Å²) < 4.78 is 16.4. The zero-order valence-corrected chi connectivity index (χ0v) is 17.3. The summed E-state index contributed by atoms with van der Waals surface area (Å²) in [6.45, 7) is 6.62. The van der Waals surface area contributed by atoms with Crippen molar-refractivity contribution in [1.82, 2.24) is 0 Å². The molecule has 0 saturated carbocycles. The van der Waals surface area contributed by atoms with Crippen LogP contribution < -0.4 is 14.8 Å². The Morgan fingerprint density at radius 3 is 2.48 bits per heavy atom. The van der Waals surface area contributed by atoms with E-state index in [4.69, 9.17) is 14.2 Å². The van der Waals surface area contributed by atoms with Crippen LogP contribution in [0.4, 0.5) is 5.69 Å². The van der Waals surface area contributed by atoms with Crippen LogP contribution in [0.3, 0.4) is 0 Å². The molecule has 0 spiro atoms. The van der Waals surface area contributed by atoms with Crippen LogP contribution in [0.5, 0.6) is 11.5 Å². The Balaban J connectivity index is 1.97. The Morgan fingerprint density at radius 1 is 0.966 bits per heavy atom. The molecule has 0 aliphatic heterocycles. The number of unbranched alkanes of at least 4 members (excludes halogenated alkanes) is 1.